The molecule has 1 N–H and O–H groups in total. The zero-order chi connectivity index (χ0) is 17.8. The van der Waals surface area contributed by atoms with Gasteiger partial charge in [0.25, 0.3) is 5.91 Å². The molecule has 1 aromatic carbocycles. The van der Waals surface area contributed by atoms with Crippen molar-refractivity contribution < 1.29 is 9.53 Å². The summed E-state index contributed by atoms with van der Waals surface area (Å²) in [6.45, 7) is 5.15. The number of carbonyl (C=O) groups excluding carboxylic acids is 1. The lowest BCUT2D eigenvalue weighted by atomic mass is 10.1. The van der Waals surface area contributed by atoms with Crippen LogP contribution >= 0.6 is 0 Å². The van der Waals surface area contributed by atoms with Gasteiger partial charge in [-0.15, -0.1) is 0 Å². The van der Waals surface area contributed by atoms with Crippen LogP contribution in [0.1, 0.15) is 15.9 Å². The Kier molecular flexibility index (Phi) is 5.35. The fraction of sp³-hybridized carbons (Fsp3) is 0.444. The van der Waals surface area contributed by atoms with Crippen LogP contribution in [-0.2, 0) is 13.6 Å². The Labute approximate surface area is 148 Å². The van der Waals surface area contributed by atoms with Crippen molar-refractivity contribution in [2.75, 3.05) is 45.7 Å². The zero-order valence-electron chi connectivity index (χ0n) is 15.0. The Morgan fingerprint density at radius 3 is 2.64 bits per heavy atom. The molecule has 2 aromatic rings. The second kappa shape index (κ2) is 7.67. The highest BCUT2D eigenvalue weighted by Gasteiger charge is 2.16. The highest BCUT2D eigenvalue weighted by molar-refractivity contribution is 6.04. The van der Waals surface area contributed by atoms with Gasteiger partial charge in [0.2, 0.25) is 0 Å². The van der Waals surface area contributed by atoms with Gasteiger partial charge in [-0.05, 0) is 24.7 Å². The van der Waals surface area contributed by atoms with E-state index in [0.717, 1.165) is 38.3 Å². The average molecular weight is 343 g/mol. The Morgan fingerprint density at radius 2 is 2.00 bits per heavy atom. The minimum atomic E-state index is -0.192. The van der Waals surface area contributed by atoms with Crippen molar-refractivity contribution in [1.29, 1.82) is 0 Å². The first-order valence-corrected chi connectivity index (χ1v) is 8.43. The van der Waals surface area contributed by atoms with E-state index in [1.54, 1.807) is 31.2 Å². The van der Waals surface area contributed by atoms with E-state index in [-0.39, 0.29) is 5.91 Å². The number of aryl methyl sites for hydroxylation is 1. The molecule has 134 valence electrons. The molecule has 1 aliphatic rings. The minimum Gasteiger partial charge on any atom is -0.495 e. The van der Waals surface area contributed by atoms with Crippen LogP contribution in [0.3, 0.4) is 0 Å². The van der Waals surface area contributed by atoms with Gasteiger partial charge in [0.05, 0.1) is 24.6 Å². The van der Waals surface area contributed by atoms with Crippen LogP contribution in [0.4, 0.5) is 5.69 Å². The van der Waals surface area contributed by atoms with Crippen molar-refractivity contribution in [3.63, 3.8) is 0 Å². The summed E-state index contributed by atoms with van der Waals surface area (Å²) in [6, 6.07) is 5.95. The third-order valence-corrected chi connectivity index (χ3v) is 4.48. The molecule has 0 spiro atoms. The van der Waals surface area contributed by atoms with E-state index in [9.17, 15) is 4.79 Å². The number of rotatable bonds is 5. The van der Waals surface area contributed by atoms with Crippen LogP contribution in [0.5, 0.6) is 5.75 Å². The van der Waals surface area contributed by atoms with Gasteiger partial charge in [-0.1, -0.05) is 6.07 Å². The smallest absolute Gasteiger partial charge is 0.258 e. The lowest BCUT2D eigenvalue weighted by Crippen LogP contribution is -2.43. The van der Waals surface area contributed by atoms with E-state index in [1.165, 1.54) is 0 Å². The molecule has 7 heteroatoms. The SMILES string of the molecule is COc1ccc(CN2CCN(C)CC2)cc1NC(=O)c1cnn(C)c1. The molecule has 1 amide bonds. The van der Waals surface area contributed by atoms with E-state index in [2.05, 4.69) is 33.3 Å². The van der Waals surface area contributed by atoms with Crippen molar-refractivity contribution in [2.45, 2.75) is 6.54 Å². The summed E-state index contributed by atoms with van der Waals surface area (Å²) in [7, 11) is 5.54. The van der Waals surface area contributed by atoms with Gasteiger partial charge in [-0.25, -0.2) is 0 Å². The molecule has 1 aliphatic heterocycles. The van der Waals surface area contributed by atoms with Crippen LogP contribution < -0.4 is 10.1 Å². The Balaban J connectivity index is 1.72. The quantitative estimate of drug-likeness (QED) is 0.890. The van der Waals surface area contributed by atoms with Gasteiger partial charge in [0.15, 0.2) is 0 Å². The van der Waals surface area contributed by atoms with E-state index in [0.29, 0.717) is 17.0 Å². The van der Waals surface area contributed by atoms with Crippen LogP contribution in [0.25, 0.3) is 0 Å². The Bertz CT molecular complexity index is 735. The first-order chi connectivity index (χ1) is 12.0. The molecule has 3 rings (SSSR count). The molecule has 0 atom stereocenters. The predicted molar refractivity (Wildman–Crippen MR) is 96.9 cm³/mol. The fourth-order valence-corrected chi connectivity index (χ4v) is 2.95. The monoisotopic (exact) mass is 343 g/mol. The largest absolute Gasteiger partial charge is 0.495 e. The van der Waals surface area contributed by atoms with Gasteiger partial charge < -0.3 is 15.0 Å². The van der Waals surface area contributed by atoms with Crippen molar-refractivity contribution in [3.8, 4) is 5.75 Å². The highest BCUT2D eigenvalue weighted by atomic mass is 16.5. The van der Waals surface area contributed by atoms with Crippen molar-refractivity contribution in [2.24, 2.45) is 7.05 Å². The zero-order valence-corrected chi connectivity index (χ0v) is 15.0. The third kappa shape index (κ3) is 4.37. The number of piperazine rings is 1. The maximum atomic E-state index is 12.4. The molecule has 2 heterocycles. The average Bonchev–Trinajstić information content (AvgIpc) is 3.04. The topological polar surface area (TPSA) is 62.6 Å². The number of carbonyl (C=O) groups is 1. The Morgan fingerprint density at radius 1 is 1.24 bits per heavy atom. The summed E-state index contributed by atoms with van der Waals surface area (Å²) in [4.78, 5) is 17.2. The van der Waals surface area contributed by atoms with Gasteiger partial charge in [-0.3, -0.25) is 14.4 Å². The lowest BCUT2D eigenvalue weighted by Gasteiger charge is -2.32. The molecule has 0 unspecified atom stereocenters. The summed E-state index contributed by atoms with van der Waals surface area (Å²) < 4.78 is 7.00. The number of hydrogen-bond donors (Lipinski definition) is 1. The first kappa shape index (κ1) is 17.4. The van der Waals surface area contributed by atoms with Crippen LogP contribution in [0, 0.1) is 0 Å². The van der Waals surface area contributed by atoms with Crippen LogP contribution in [-0.4, -0.2) is 65.8 Å². The third-order valence-electron chi connectivity index (χ3n) is 4.48. The summed E-state index contributed by atoms with van der Waals surface area (Å²) in [5, 5.41) is 6.97. The molecule has 1 aromatic heterocycles. The van der Waals surface area contributed by atoms with Gasteiger partial charge in [-0.2, -0.15) is 5.10 Å². The van der Waals surface area contributed by atoms with Gasteiger partial charge in [0.1, 0.15) is 5.75 Å². The second-order valence-corrected chi connectivity index (χ2v) is 6.47. The number of amides is 1. The molecule has 7 nitrogen and oxygen atoms in total. The maximum absolute atomic E-state index is 12.4. The molecular formula is C18H25N5O2. The number of methoxy groups -OCH3 is 1. The molecule has 0 aliphatic carbocycles. The lowest BCUT2D eigenvalue weighted by molar-refractivity contribution is 0.102. The second-order valence-electron chi connectivity index (χ2n) is 6.47. The van der Waals surface area contributed by atoms with Crippen molar-refractivity contribution in [1.82, 2.24) is 19.6 Å². The summed E-state index contributed by atoms with van der Waals surface area (Å²) in [5.41, 5.74) is 2.36. The number of anilines is 1. The van der Waals surface area contributed by atoms with Crippen LogP contribution in [0.2, 0.25) is 0 Å². The standard InChI is InChI=1S/C18H25N5O2/c1-21-6-8-23(9-7-21)12-14-4-5-17(25-3)16(10-14)20-18(24)15-11-19-22(2)13-15/h4-5,10-11,13H,6-9,12H2,1-3H3,(H,20,24). The Hall–Kier alpha value is -2.38. The van der Waals surface area contributed by atoms with Gasteiger partial charge >= 0.3 is 0 Å². The number of nitrogens with one attached hydrogen (secondary N) is 1. The molecule has 1 saturated heterocycles. The summed E-state index contributed by atoms with van der Waals surface area (Å²) >= 11 is 0. The summed E-state index contributed by atoms with van der Waals surface area (Å²) in [6.07, 6.45) is 3.24. The first-order valence-electron chi connectivity index (χ1n) is 8.43. The van der Waals surface area contributed by atoms with E-state index < -0.39 is 0 Å². The predicted octanol–water partition coefficient (Wildman–Crippen LogP) is 1.43. The number of nitrogens with zero attached hydrogens (tertiary/aromatic N) is 4. The fourth-order valence-electron chi connectivity index (χ4n) is 2.95. The van der Waals surface area contributed by atoms with Crippen LogP contribution in [0.15, 0.2) is 30.6 Å². The highest BCUT2D eigenvalue weighted by Crippen LogP contribution is 2.27. The van der Waals surface area contributed by atoms with E-state index in [1.807, 2.05) is 12.1 Å². The molecule has 0 radical (unpaired) electrons. The van der Waals surface area contributed by atoms with E-state index >= 15 is 0 Å². The number of aromatic nitrogens is 2. The molecule has 1 fully saturated rings. The molecule has 25 heavy (non-hydrogen) atoms. The number of hydrogen-bond acceptors (Lipinski definition) is 5. The molecular weight excluding hydrogens is 318 g/mol. The molecule has 0 bridgehead atoms. The molecule has 0 saturated carbocycles. The van der Waals surface area contributed by atoms with Gasteiger partial charge in [0, 0.05) is 46.0 Å². The summed E-state index contributed by atoms with van der Waals surface area (Å²) in [5.74, 6) is 0.461. The van der Waals surface area contributed by atoms with Crippen molar-refractivity contribution >= 4 is 11.6 Å². The normalized spacial score (nSPS) is 16.0. The number of benzene rings is 1. The number of likely N-dealkylation sites (N-methyl/N-ethyl adjacent to an activating group) is 1. The maximum Gasteiger partial charge on any atom is 0.258 e. The minimum absolute atomic E-state index is 0.192. The number of ether oxygens (including phenoxy) is 1. The van der Waals surface area contributed by atoms with Crippen molar-refractivity contribution in [3.05, 3.63) is 41.7 Å². The van der Waals surface area contributed by atoms with E-state index in [4.69, 9.17) is 4.74 Å².